The van der Waals surface area contributed by atoms with Crippen molar-refractivity contribution in [2.75, 3.05) is 5.75 Å². The molecule has 12 nitrogen and oxygen atoms in total. The molecule has 0 bridgehead atoms. The molecule has 13 heteroatoms. The largest absolute Gasteiger partial charge is 0.480 e. The van der Waals surface area contributed by atoms with Crippen molar-refractivity contribution < 1.29 is 34.2 Å². The summed E-state index contributed by atoms with van der Waals surface area (Å²) < 4.78 is 0. The Morgan fingerprint density at radius 2 is 1.56 bits per heavy atom. The first kappa shape index (κ1) is 28.9. The topological polar surface area (TPSA) is 214 Å². The van der Waals surface area contributed by atoms with E-state index in [4.69, 9.17) is 11.5 Å². The first-order valence-electron chi connectivity index (χ1n) is 10.5. The summed E-state index contributed by atoms with van der Waals surface area (Å²) in [4.78, 5) is 60.2. The Morgan fingerprint density at radius 3 is 2.06 bits per heavy atom. The van der Waals surface area contributed by atoms with Crippen LogP contribution >= 0.6 is 12.6 Å². The first-order valence-corrected chi connectivity index (χ1v) is 11.1. The van der Waals surface area contributed by atoms with Gasteiger partial charge in [0.1, 0.15) is 18.1 Å². The summed E-state index contributed by atoms with van der Waals surface area (Å²) in [5.41, 5.74) is 11.4. The molecule has 0 aliphatic carbocycles. The van der Waals surface area contributed by atoms with Gasteiger partial charge in [0.15, 0.2) is 0 Å². The maximum Gasteiger partial charge on any atom is 0.327 e. The van der Waals surface area contributed by atoms with E-state index in [0.717, 1.165) is 0 Å². The Labute approximate surface area is 202 Å². The van der Waals surface area contributed by atoms with Crippen molar-refractivity contribution in [2.24, 2.45) is 11.5 Å². The molecule has 0 aromatic heterocycles. The number of aliphatic hydroxyl groups is 1. The van der Waals surface area contributed by atoms with Crippen LogP contribution in [-0.2, 0) is 30.4 Å². The molecule has 5 unspecified atom stereocenters. The van der Waals surface area contributed by atoms with Gasteiger partial charge in [-0.15, -0.1) is 0 Å². The van der Waals surface area contributed by atoms with Crippen LogP contribution in [0.15, 0.2) is 30.3 Å². The Balaban J connectivity index is 3.01. The van der Waals surface area contributed by atoms with Gasteiger partial charge in [0, 0.05) is 18.6 Å². The smallest absolute Gasteiger partial charge is 0.327 e. The molecular weight excluding hydrogens is 466 g/mol. The lowest BCUT2D eigenvalue weighted by Gasteiger charge is -2.26. The van der Waals surface area contributed by atoms with Crippen molar-refractivity contribution in [2.45, 2.75) is 56.5 Å². The highest BCUT2D eigenvalue weighted by atomic mass is 32.1. The van der Waals surface area contributed by atoms with E-state index in [1.165, 1.54) is 6.92 Å². The monoisotopic (exact) mass is 497 g/mol. The predicted octanol–water partition coefficient (Wildman–Crippen LogP) is -2.33. The number of hydrogen-bond acceptors (Lipinski definition) is 8. The number of nitrogens with one attached hydrogen (secondary N) is 3. The maximum atomic E-state index is 12.9. The van der Waals surface area contributed by atoms with Gasteiger partial charge in [-0.3, -0.25) is 19.2 Å². The van der Waals surface area contributed by atoms with E-state index in [1.54, 1.807) is 30.3 Å². The number of rotatable bonds is 14. The number of amides is 4. The third-order valence-corrected chi connectivity index (χ3v) is 5.18. The summed E-state index contributed by atoms with van der Waals surface area (Å²) in [6, 6.07) is 3.50. The molecule has 1 aromatic rings. The van der Waals surface area contributed by atoms with Gasteiger partial charge in [0.2, 0.25) is 23.6 Å². The molecule has 0 saturated carbocycles. The molecule has 34 heavy (non-hydrogen) atoms. The Bertz CT molecular complexity index is 868. The molecule has 5 atom stereocenters. The average molecular weight is 498 g/mol. The molecule has 0 radical (unpaired) electrons. The minimum Gasteiger partial charge on any atom is -0.480 e. The highest BCUT2D eigenvalue weighted by molar-refractivity contribution is 7.80. The second kappa shape index (κ2) is 14.2. The molecule has 0 aliphatic rings. The van der Waals surface area contributed by atoms with Gasteiger partial charge in [0.05, 0.1) is 12.1 Å². The zero-order valence-corrected chi connectivity index (χ0v) is 19.5. The third kappa shape index (κ3) is 9.77. The molecule has 9 N–H and O–H groups in total. The van der Waals surface area contributed by atoms with Crippen molar-refractivity contribution in [1.82, 2.24) is 16.0 Å². The molecule has 4 amide bonds. The highest BCUT2D eigenvalue weighted by Crippen LogP contribution is 2.06. The SMILES string of the molecule is CC(O)C(NC(=O)C(N)CCC(N)=O)C(=O)NC(Cc1ccccc1)C(=O)NC(CS)C(=O)O. The van der Waals surface area contributed by atoms with Crippen LogP contribution < -0.4 is 27.4 Å². The van der Waals surface area contributed by atoms with Crippen LogP contribution in [0, 0.1) is 0 Å². The van der Waals surface area contributed by atoms with Gasteiger partial charge in [-0.25, -0.2) is 4.79 Å². The average Bonchev–Trinajstić information content (AvgIpc) is 2.78. The summed E-state index contributed by atoms with van der Waals surface area (Å²) >= 11 is 3.91. The number of carbonyl (C=O) groups is 5. The predicted molar refractivity (Wildman–Crippen MR) is 126 cm³/mol. The van der Waals surface area contributed by atoms with Gasteiger partial charge >= 0.3 is 5.97 Å². The molecule has 1 aromatic carbocycles. The van der Waals surface area contributed by atoms with E-state index in [1.807, 2.05) is 0 Å². The molecule has 0 aliphatic heterocycles. The number of nitrogens with two attached hydrogens (primary N) is 2. The second-order valence-corrected chi connectivity index (χ2v) is 8.04. The molecular formula is C21H31N5O7S. The van der Waals surface area contributed by atoms with E-state index in [2.05, 4.69) is 28.6 Å². The highest BCUT2D eigenvalue weighted by Gasteiger charge is 2.32. The van der Waals surface area contributed by atoms with Crippen LogP contribution in [0.4, 0.5) is 0 Å². The Kier molecular flexibility index (Phi) is 12.0. The molecule has 1 rings (SSSR count). The summed E-state index contributed by atoms with van der Waals surface area (Å²) in [6.45, 7) is 1.26. The lowest BCUT2D eigenvalue weighted by atomic mass is 10.0. The van der Waals surface area contributed by atoms with Crippen molar-refractivity contribution in [3.63, 3.8) is 0 Å². The van der Waals surface area contributed by atoms with Gasteiger partial charge in [0.25, 0.3) is 0 Å². The van der Waals surface area contributed by atoms with Crippen molar-refractivity contribution in [3.8, 4) is 0 Å². The van der Waals surface area contributed by atoms with E-state index >= 15 is 0 Å². The zero-order chi connectivity index (χ0) is 25.8. The van der Waals surface area contributed by atoms with E-state index < -0.39 is 59.9 Å². The number of primary amides is 1. The number of carboxylic acid groups (broad SMARTS) is 1. The number of aliphatic carboxylic acids is 1. The molecule has 0 heterocycles. The standard InChI is InChI=1S/C21H31N5O7S/c1-11(27)17(26-18(29)13(22)7-8-16(23)28)20(31)24-14(9-12-5-3-2-4-6-12)19(30)25-15(10-34)21(32)33/h2-6,11,13-15,17,27,34H,7-10,22H2,1H3,(H2,23,28)(H,24,31)(H,25,30)(H,26,29)(H,32,33). The fourth-order valence-electron chi connectivity index (χ4n) is 2.87. The molecule has 0 spiro atoms. The lowest BCUT2D eigenvalue weighted by molar-refractivity contribution is -0.141. The fourth-order valence-corrected chi connectivity index (χ4v) is 3.12. The molecule has 0 fully saturated rings. The fraction of sp³-hybridized carbons (Fsp3) is 0.476. The van der Waals surface area contributed by atoms with Crippen LogP contribution in [0.5, 0.6) is 0 Å². The molecule has 188 valence electrons. The van der Waals surface area contributed by atoms with Gasteiger partial charge in [-0.05, 0) is 18.9 Å². The second-order valence-electron chi connectivity index (χ2n) is 7.67. The van der Waals surface area contributed by atoms with Gasteiger partial charge < -0.3 is 37.6 Å². The number of thiol groups is 1. The summed E-state index contributed by atoms with van der Waals surface area (Å²) in [5, 5.41) is 26.3. The number of hydrogen-bond donors (Lipinski definition) is 8. The number of carboxylic acids is 1. The Hall–Kier alpha value is -3.16. The minimum atomic E-state index is -1.47. The third-order valence-electron chi connectivity index (χ3n) is 4.81. The van der Waals surface area contributed by atoms with Crippen molar-refractivity contribution in [1.29, 1.82) is 0 Å². The van der Waals surface area contributed by atoms with E-state index in [0.29, 0.717) is 5.56 Å². The summed E-state index contributed by atoms with van der Waals surface area (Å²) in [5.74, 6) is -4.60. The zero-order valence-electron chi connectivity index (χ0n) is 18.6. The number of benzene rings is 1. The summed E-state index contributed by atoms with van der Waals surface area (Å²) in [7, 11) is 0. The maximum absolute atomic E-state index is 12.9. The quantitative estimate of drug-likeness (QED) is 0.130. The van der Waals surface area contributed by atoms with E-state index in [9.17, 15) is 34.2 Å². The minimum absolute atomic E-state index is 0.00985. The van der Waals surface area contributed by atoms with Crippen molar-refractivity contribution in [3.05, 3.63) is 35.9 Å². The lowest BCUT2D eigenvalue weighted by Crippen LogP contribution is -2.60. The van der Waals surface area contributed by atoms with Crippen LogP contribution in [0.2, 0.25) is 0 Å². The first-order chi connectivity index (χ1) is 16.0. The number of aliphatic hydroxyl groups excluding tert-OH is 1. The van der Waals surface area contributed by atoms with Gasteiger partial charge in [-0.2, -0.15) is 12.6 Å². The van der Waals surface area contributed by atoms with Gasteiger partial charge in [-0.1, -0.05) is 30.3 Å². The van der Waals surface area contributed by atoms with Crippen LogP contribution in [0.25, 0.3) is 0 Å². The molecule has 0 saturated heterocycles. The van der Waals surface area contributed by atoms with Crippen LogP contribution in [-0.4, -0.2) is 75.8 Å². The normalized spacial score (nSPS) is 15.2. The van der Waals surface area contributed by atoms with E-state index in [-0.39, 0.29) is 25.0 Å². The number of carbonyl (C=O) groups excluding carboxylic acids is 4. The van der Waals surface area contributed by atoms with Crippen LogP contribution in [0.1, 0.15) is 25.3 Å². The van der Waals surface area contributed by atoms with Crippen molar-refractivity contribution >= 4 is 42.2 Å². The summed E-state index contributed by atoms with van der Waals surface area (Å²) in [6.07, 6.45) is -1.56. The van der Waals surface area contributed by atoms with Crippen LogP contribution in [0.3, 0.4) is 0 Å². The Morgan fingerprint density at radius 1 is 0.971 bits per heavy atom.